The highest BCUT2D eigenvalue weighted by Crippen LogP contribution is 2.35. The molecule has 17 heavy (non-hydrogen) atoms. The Labute approximate surface area is 105 Å². The Bertz CT molecular complexity index is 226. The van der Waals surface area contributed by atoms with E-state index in [9.17, 15) is 4.79 Å². The summed E-state index contributed by atoms with van der Waals surface area (Å²) in [5.41, 5.74) is -0.486. The number of methoxy groups -OCH3 is 1. The van der Waals surface area contributed by atoms with Crippen LogP contribution in [-0.2, 0) is 14.3 Å². The zero-order valence-corrected chi connectivity index (χ0v) is 11.5. The van der Waals surface area contributed by atoms with Crippen LogP contribution in [-0.4, -0.2) is 31.7 Å². The van der Waals surface area contributed by atoms with Crippen molar-refractivity contribution in [1.29, 1.82) is 0 Å². The summed E-state index contributed by atoms with van der Waals surface area (Å²) < 4.78 is 10.9. The first-order chi connectivity index (χ1) is 8.16. The molecule has 0 amide bonds. The Morgan fingerprint density at radius 1 is 1.29 bits per heavy atom. The quantitative estimate of drug-likeness (QED) is 0.688. The Hall–Kier alpha value is -0.410. The Morgan fingerprint density at radius 3 is 2.47 bits per heavy atom. The maximum atomic E-state index is 12.5. The third-order valence-corrected chi connectivity index (χ3v) is 3.73. The molecule has 1 aliphatic rings. The van der Waals surface area contributed by atoms with Crippen LogP contribution in [0.25, 0.3) is 0 Å². The van der Waals surface area contributed by atoms with E-state index >= 15 is 0 Å². The van der Waals surface area contributed by atoms with E-state index in [-0.39, 0.29) is 11.7 Å². The second-order valence-corrected chi connectivity index (χ2v) is 5.03. The minimum atomic E-state index is -0.486. The fourth-order valence-electron chi connectivity index (χ4n) is 2.74. The highest BCUT2D eigenvalue weighted by Gasteiger charge is 2.41. The third kappa shape index (κ3) is 3.78. The van der Waals surface area contributed by atoms with Crippen molar-refractivity contribution < 1.29 is 14.3 Å². The van der Waals surface area contributed by atoms with E-state index in [0.29, 0.717) is 13.2 Å². The fraction of sp³-hybridized carbons (Fsp3) is 0.929. The number of hydrogen-bond acceptors (Lipinski definition) is 3. The van der Waals surface area contributed by atoms with Gasteiger partial charge >= 0.3 is 0 Å². The molecule has 1 unspecified atom stereocenters. The topological polar surface area (TPSA) is 35.5 Å². The zero-order chi connectivity index (χ0) is 12.7. The van der Waals surface area contributed by atoms with Gasteiger partial charge in [0.2, 0.25) is 0 Å². The number of carbonyl (C=O) groups is 1. The standard InChI is InChI=1S/C14H26O3/c1-4-17-14(9-6-5-7-10-14)13(15)12(2)8-11-16-3/h12H,4-11H2,1-3H3. The number of ketones is 1. The molecule has 0 aromatic rings. The Morgan fingerprint density at radius 2 is 1.94 bits per heavy atom. The molecule has 1 atom stereocenters. The summed E-state index contributed by atoms with van der Waals surface area (Å²) in [6.45, 7) is 5.25. The van der Waals surface area contributed by atoms with Crippen LogP contribution < -0.4 is 0 Å². The molecule has 1 rings (SSSR count). The van der Waals surface area contributed by atoms with Gasteiger partial charge in [0.1, 0.15) is 5.60 Å². The lowest BCUT2D eigenvalue weighted by molar-refractivity contribution is -0.153. The van der Waals surface area contributed by atoms with Gasteiger partial charge in [-0.2, -0.15) is 0 Å². The minimum absolute atomic E-state index is 0.0413. The fourth-order valence-corrected chi connectivity index (χ4v) is 2.74. The van der Waals surface area contributed by atoms with E-state index in [1.807, 2.05) is 13.8 Å². The van der Waals surface area contributed by atoms with Crippen LogP contribution in [0, 0.1) is 5.92 Å². The average molecular weight is 242 g/mol. The molecule has 0 aromatic carbocycles. The number of rotatable bonds is 7. The van der Waals surface area contributed by atoms with Crippen molar-refractivity contribution in [3.8, 4) is 0 Å². The van der Waals surface area contributed by atoms with E-state index in [0.717, 1.165) is 32.1 Å². The first-order valence-electron chi connectivity index (χ1n) is 6.83. The zero-order valence-electron chi connectivity index (χ0n) is 11.5. The van der Waals surface area contributed by atoms with Crippen LogP contribution in [0.2, 0.25) is 0 Å². The summed E-state index contributed by atoms with van der Waals surface area (Å²) in [6.07, 6.45) is 6.05. The molecular formula is C14H26O3. The van der Waals surface area contributed by atoms with Crippen molar-refractivity contribution in [1.82, 2.24) is 0 Å². The molecule has 1 fully saturated rings. The molecule has 1 saturated carbocycles. The molecule has 0 heterocycles. The van der Waals surface area contributed by atoms with Crippen LogP contribution in [0.1, 0.15) is 52.4 Å². The van der Waals surface area contributed by atoms with Gasteiger partial charge in [-0.1, -0.05) is 26.2 Å². The van der Waals surface area contributed by atoms with Crippen molar-refractivity contribution in [3.05, 3.63) is 0 Å². The van der Waals surface area contributed by atoms with E-state index in [2.05, 4.69) is 0 Å². The summed E-state index contributed by atoms with van der Waals surface area (Å²) in [7, 11) is 1.68. The van der Waals surface area contributed by atoms with Crippen LogP contribution in [0.4, 0.5) is 0 Å². The second-order valence-electron chi connectivity index (χ2n) is 5.03. The van der Waals surface area contributed by atoms with Crippen molar-refractivity contribution in [2.45, 2.75) is 58.0 Å². The molecule has 3 nitrogen and oxygen atoms in total. The van der Waals surface area contributed by atoms with Gasteiger partial charge in [0.25, 0.3) is 0 Å². The number of ether oxygens (including phenoxy) is 2. The van der Waals surface area contributed by atoms with Crippen LogP contribution in [0.15, 0.2) is 0 Å². The van der Waals surface area contributed by atoms with Crippen molar-refractivity contribution in [2.24, 2.45) is 5.92 Å². The maximum absolute atomic E-state index is 12.5. The van der Waals surface area contributed by atoms with Gasteiger partial charge in [-0.05, 0) is 26.2 Å². The molecular weight excluding hydrogens is 216 g/mol. The van der Waals surface area contributed by atoms with E-state index < -0.39 is 5.60 Å². The second kappa shape index (κ2) is 7.12. The van der Waals surface area contributed by atoms with Crippen LogP contribution in [0.3, 0.4) is 0 Å². The molecule has 3 heteroatoms. The first kappa shape index (κ1) is 14.7. The van der Waals surface area contributed by atoms with Gasteiger partial charge in [0.15, 0.2) is 5.78 Å². The first-order valence-corrected chi connectivity index (χ1v) is 6.83. The highest BCUT2D eigenvalue weighted by molar-refractivity contribution is 5.89. The van der Waals surface area contributed by atoms with Gasteiger partial charge in [0.05, 0.1) is 0 Å². The third-order valence-electron chi connectivity index (χ3n) is 3.73. The largest absolute Gasteiger partial charge is 0.385 e. The molecule has 0 aromatic heterocycles. The van der Waals surface area contributed by atoms with E-state index in [1.54, 1.807) is 7.11 Å². The molecule has 0 aliphatic heterocycles. The summed E-state index contributed by atoms with van der Waals surface area (Å²) in [6, 6.07) is 0. The molecule has 0 radical (unpaired) electrons. The lowest BCUT2D eigenvalue weighted by atomic mass is 9.77. The number of hydrogen-bond donors (Lipinski definition) is 0. The van der Waals surface area contributed by atoms with Crippen LogP contribution in [0.5, 0.6) is 0 Å². The lowest BCUT2D eigenvalue weighted by Gasteiger charge is -2.37. The van der Waals surface area contributed by atoms with Gasteiger partial charge in [-0.25, -0.2) is 0 Å². The molecule has 0 spiro atoms. The lowest BCUT2D eigenvalue weighted by Crippen LogP contribution is -2.46. The Kier molecular flexibility index (Phi) is 6.14. The SMILES string of the molecule is CCOC1(C(=O)C(C)CCOC)CCCCC1. The van der Waals surface area contributed by atoms with Gasteiger partial charge in [0, 0.05) is 26.2 Å². The smallest absolute Gasteiger partial charge is 0.167 e. The monoisotopic (exact) mass is 242 g/mol. The predicted octanol–water partition coefficient (Wildman–Crippen LogP) is 2.97. The van der Waals surface area contributed by atoms with Gasteiger partial charge in [-0.15, -0.1) is 0 Å². The maximum Gasteiger partial charge on any atom is 0.167 e. The van der Waals surface area contributed by atoms with Crippen molar-refractivity contribution >= 4 is 5.78 Å². The van der Waals surface area contributed by atoms with Crippen LogP contribution >= 0.6 is 0 Å². The molecule has 100 valence electrons. The average Bonchev–Trinajstić information content (AvgIpc) is 2.36. The molecule has 1 aliphatic carbocycles. The molecule has 0 saturated heterocycles. The predicted molar refractivity (Wildman–Crippen MR) is 68.1 cm³/mol. The minimum Gasteiger partial charge on any atom is -0.385 e. The molecule has 0 bridgehead atoms. The normalized spacial score (nSPS) is 21.1. The summed E-state index contributed by atoms with van der Waals surface area (Å²) in [5.74, 6) is 0.329. The van der Waals surface area contributed by atoms with Gasteiger partial charge < -0.3 is 9.47 Å². The number of Topliss-reactive ketones (excluding diaryl/α,β-unsaturated/α-hetero) is 1. The number of carbonyl (C=O) groups excluding carboxylic acids is 1. The van der Waals surface area contributed by atoms with Crippen molar-refractivity contribution in [2.75, 3.05) is 20.3 Å². The Balaban J connectivity index is 2.65. The van der Waals surface area contributed by atoms with Crippen molar-refractivity contribution in [3.63, 3.8) is 0 Å². The summed E-state index contributed by atoms with van der Waals surface area (Å²) >= 11 is 0. The molecule has 0 N–H and O–H groups in total. The van der Waals surface area contributed by atoms with E-state index in [4.69, 9.17) is 9.47 Å². The van der Waals surface area contributed by atoms with Gasteiger partial charge in [-0.3, -0.25) is 4.79 Å². The summed E-state index contributed by atoms with van der Waals surface area (Å²) in [5, 5.41) is 0. The highest BCUT2D eigenvalue weighted by atomic mass is 16.5. The van der Waals surface area contributed by atoms with E-state index in [1.165, 1.54) is 6.42 Å². The summed E-state index contributed by atoms with van der Waals surface area (Å²) in [4.78, 5) is 12.5.